The Kier molecular flexibility index (Phi) is 9.99. The zero-order valence-corrected chi connectivity index (χ0v) is 23.8. The Labute approximate surface area is 245 Å². The van der Waals surface area contributed by atoms with Crippen molar-refractivity contribution in [2.24, 2.45) is 5.92 Å². The maximum atomic E-state index is 10.8. The molecule has 1 atom stereocenters. The molecule has 1 heterocycles. The van der Waals surface area contributed by atoms with Gasteiger partial charge in [0.05, 0.1) is 5.97 Å². The van der Waals surface area contributed by atoms with Crippen molar-refractivity contribution in [1.29, 1.82) is 0 Å². The van der Waals surface area contributed by atoms with Gasteiger partial charge in [0.25, 0.3) is 0 Å². The van der Waals surface area contributed by atoms with Crippen LogP contribution in [0.2, 0.25) is 0 Å². The number of aromatic nitrogens is 1. The van der Waals surface area contributed by atoms with E-state index in [0.29, 0.717) is 11.6 Å². The van der Waals surface area contributed by atoms with Gasteiger partial charge in [-0.2, -0.15) is 0 Å². The van der Waals surface area contributed by atoms with Gasteiger partial charge in [0.2, 0.25) is 5.89 Å². The van der Waals surface area contributed by atoms with Crippen molar-refractivity contribution >= 4 is 11.5 Å². The van der Waals surface area contributed by atoms with Crippen LogP contribution in [-0.4, -0.2) is 17.6 Å². The molecule has 3 aromatic carbocycles. The van der Waals surface area contributed by atoms with Gasteiger partial charge in [-0.1, -0.05) is 91.7 Å². The predicted octanol–water partition coefficient (Wildman–Crippen LogP) is 3.35. The molecular formula is C32H30NNaO4. The monoisotopic (exact) mass is 515 g/mol. The predicted molar refractivity (Wildman–Crippen MR) is 143 cm³/mol. The Morgan fingerprint density at radius 2 is 1.66 bits per heavy atom. The zero-order chi connectivity index (χ0) is 25.5. The largest absolute Gasteiger partial charge is 1.00 e. The summed E-state index contributed by atoms with van der Waals surface area (Å²) < 4.78 is 11.9. The fourth-order valence-corrected chi connectivity index (χ4v) is 4.98. The summed E-state index contributed by atoms with van der Waals surface area (Å²) in [5, 5.41) is 10.8. The van der Waals surface area contributed by atoms with E-state index in [9.17, 15) is 9.90 Å². The summed E-state index contributed by atoms with van der Waals surface area (Å²) in [6, 6.07) is 28.0. The smallest absolute Gasteiger partial charge is 0.546 e. The molecule has 1 aliphatic carbocycles. The van der Waals surface area contributed by atoms with Crippen molar-refractivity contribution in [3.05, 3.63) is 102 Å². The number of hydrogen-bond acceptors (Lipinski definition) is 5. The standard InChI is InChI=1S/C32H31NO4.Na/c34-29(35)22-36-27-18-11-12-23(21-27)20-26-17-5-1-2-10-19-28(26)32-33-30(24-13-6-3-7-14-24)31(37-32)25-15-8-4-9-16-25;/h3-4,6-9,11-16,18-19,21,26H,1-2,5,10,17,20,22H2,(H,34,35);/q;+1/p-1/b28-19+;. The Morgan fingerprint density at radius 1 is 0.921 bits per heavy atom. The summed E-state index contributed by atoms with van der Waals surface area (Å²) in [5.74, 6) is 0.979. The van der Waals surface area contributed by atoms with Gasteiger partial charge < -0.3 is 19.1 Å². The molecule has 38 heavy (non-hydrogen) atoms. The summed E-state index contributed by atoms with van der Waals surface area (Å²) in [6.45, 7) is -0.459. The number of nitrogens with zero attached hydrogens (tertiary/aromatic N) is 1. The second-order valence-corrected chi connectivity index (χ2v) is 9.44. The van der Waals surface area contributed by atoms with Gasteiger partial charge in [-0.05, 0) is 49.3 Å². The molecule has 1 aromatic heterocycles. The van der Waals surface area contributed by atoms with Gasteiger partial charge in [-0.3, -0.25) is 0 Å². The number of carboxylic acids is 1. The van der Waals surface area contributed by atoms with E-state index in [1.54, 1.807) is 6.07 Å². The number of rotatable bonds is 8. The normalized spacial score (nSPS) is 16.8. The Morgan fingerprint density at radius 3 is 2.39 bits per heavy atom. The fraction of sp³-hybridized carbons (Fsp3) is 0.250. The number of oxazole rings is 1. The van der Waals surface area contributed by atoms with Crippen molar-refractivity contribution in [2.75, 3.05) is 6.61 Å². The van der Waals surface area contributed by atoms with Crippen LogP contribution >= 0.6 is 0 Å². The molecule has 1 unspecified atom stereocenters. The minimum Gasteiger partial charge on any atom is -0.546 e. The average Bonchev–Trinajstić information content (AvgIpc) is 3.36. The first kappa shape index (κ1) is 27.9. The molecular weight excluding hydrogens is 485 g/mol. The van der Waals surface area contributed by atoms with Gasteiger partial charge >= 0.3 is 29.6 Å². The first-order chi connectivity index (χ1) is 18.2. The minimum absolute atomic E-state index is 0. The van der Waals surface area contributed by atoms with E-state index in [1.807, 2.05) is 48.5 Å². The van der Waals surface area contributed by atoms with Crippen LogP contribution in [-0.2, 0) is 11.2 Å². The molecule has 5 rings (SSSR count). The fourth-order valence-electron chi connectivity index (χ4n) is 4.98. The van der Waals surface area contributed by atoms with E-state index in [0.717, 1.165) is 65.8 Å². The zero-order valence-electron chi connectivity index (χ0n) is 21.8. The molecule has 4 aromatic rings. The summed E-state index contributed by atoms with van der Waals surface area (Å²) in [4.78, 5) is 15.9. The molecule has 0 saturated carbocycles. The van der Waals surface area contributed by atoms with Crippen LogP contribution in [0.1, 0.15) is 43.6 Å². The van der Waals surface area contributed by atoms with Crippen LogP contribution in [0.15, 0.2) is 95.4 Å². The number of aliphatic carboxylic acids is 1. The summed E-state index contributed by atoms with van der Waals surface area (Å²) >= 11 is 0. The summed E-state index contributed by atoms with van der Waals surface area (Å²) in [6.07, 6.45) is 8.60. The second kappa shape index (κ2) is 13.6. The third kappa shape index (κ3) is 7.04. The topological polar surface area (TPSA) is 75.4 Å². The third-order valence-corrected chi connectivity index (χ3v) is 6.76. The number of carbonyl (C=O) groups is 1. The number of ether oxygens (including phenoxy) is 1. The summed E-state index contributed by atoms with van der Waals surface area (Å²) in [7, 11) is 0. The molecule has 6 heteroatoms. The molecule has 0 fully saturated rings. The Balaban J connectivity index is 0.00000336. The first-order valence-corrected chi connectivity index (χ1v) is 12.9. The molecule has 0 spiro atoms. The molecule has 0 saturated heterocycles. The Bertz CT molecular complexity index is 1310. The molecule has 5 nitrogen and oxygen atoms in total. The third-order valence-electron chi connectivity index (χ3n) is 6.76. The van der Waals surface area contributed by atoms with Gasteiger partial charge in [-0.15, -0.1) is 0 Å². The van der Waals surface area contributed by atoms with Crippen LogP contribution in [0, 0.1) is 5.92 Å². The van der Waals surface area contributed by atoms with Gasteiger partial charge in [0, 0.05) is 16.7 Å². The summed E-state index contributed by atoms with van der Waals surface area (Å²) in [5.41, 5.74) is 5.10. The van der Waals surface area contributed by atoms with Crippen LogP contribution in [0.25, 0.3) is 28.2 Å². The van der Waals surface area contributed by atoms with Crippen molar-refractivity contribution in [1.82, 2.24) is 4.98 Å². The van der Waals surface area contributed by atoms with E-state index in [4.69, 9.17) is 14.1 Å². The molecule has 188 valence electrons. The average molecular weight is 516 g/mol. The van der Waals surface area contributed by atoms with E-state index in [2.05, 4.69) is 36.4 Å². The number of carboxylic acid groups (broad SMARTS) is 1. The van der Waals surface area contributed by atoms with E-state index in [-0.39, 0.29) is 35.5 Å². The quantitative estimate of drug-likeness (QED) is 0.337. The molecule has 0 N–H and O–H groups in total. The minimum atomic E-state index is -1.23. The number of carbonyl (C=O) groups excluding carboxylic acids is 1. The molecule has 0 aliphatic heterocycles. The van der Waals surface area contributed by atoms with Crippen LogP contribution in [0.3, 0.4) is 0 Å². The SMILES string of the molecule is O=C([O-])COc1cccc(CC2CCCCC/C=C\2c2nc(-c3ccccc3)c(-c3ccccc3)o2)c1.[Na+]. The van der Waals surface area contributed by atoms with Gasteiger partial charge in [0.15, 0.2) is 5.76 Å². The van der Waals surface area contributed by atoms with Crippen LogP contribution in [0.5, 0.6) is 5.75 Å². The number of allylic oxidation sites excluding steroid dienone is 2. The van der Waals surface area contributed by atoms with Crippen molar-refractivity contribution in [3.63, 3.8) is 0 Å². The van der Waals surface area contributed by atoms with Crippen LogP contribution < -0.4 is 39.4 Å². The van der Waals surface area contributed by atoms with Gasteiger partial charge in [-0.25, -0.2) is 4.98 Å². The molecule has 0 amide bonds. The Hall–Kier alpha value is -3.12. The number of hydrogen-bond donors (Lipinski definition) is 0. The van der Waals surface area contributed by atoms with Crippen molar-refractivity contribution < 1.29 is 48.6 Å². The first-order valence-electron chi connectivity index (χ1n) is 12.9. The van der Waals surface area contributed by atoms with Crippen LogP contribution in [0.4, 0.5) is 0 Å². The molecule has 0 bridgehead atoms. The van der Waals surface area contributed by atoms with Gasteiger partial charge in [0.1, 0.15) is 18.1 Å². The maximum Gasteiger partial charge on any atom is 1.00 e. The molecule has 0 radical (unpaired) electrons. The molecule has 1 aliphatic rings. The maximum absolute atomic E-state index is 10.8. The van der Waals surface area contributed by atoms with E-state index < -0.39 is 12.6 Å². The second-order valence-electron chi connectivity index (χ2n) is 9.44. The number of benzene rings is 3. The van der Waals surface area contributed by atoms with Crippen molar-refractivity contribution in [3.8, 4) is 28.3 Å². The van der Waals surface area contributed by atoms with E-state index >= 15 is 0 Å². The van der Waals surface area contributed by atoms with E-state index in [1.165, 1.54) is 6.42 Å². The van der Waals surface area contributed by atoms with Crippen molar-refractivity contribution in [2.45, 2.75) is 38.5 Å².